The van der Waals surface area contributed by atoms with E-state index in [1.807, 2.05) is 0 Å². The molecule has 32 heavy (non-hydrogen) atoms. The standard InChI is InChI=1S/C21H17F4N3O3S/c22-13-3-8-18-16(9-13)19-17(10-26-27-19)20(12-1-2-12)28(18)32(29,30)15-6-4-14(5-7-15)31-11-21(23,24)25/h3-10,12,20H,1-2,11H2,(H,26,27). The molecule has 0 saturated heterocycles. The number of anilines is 1. The minimum atomic E-state index is -4.50. The first kappa shape index (κ1) is 20.8. The van der Waals surface area contributed by atoms with Gasteiger partial charge < -0.3 is 4.74 Å². The Kier molecular flexibility index (Phi) is 4.70. The van der Waals surface area contributed by atoms with Gasteiger partial charge in [-0.25, -0.2) is 12.8 Å². The second-order valence-corrected chi connectivity index (χ2v) is 9.64. The Hall–Kier alpha value is -3.08. The molecule has 2 aromatic carbocycles. The lowest BCUT2D eigenvalue weighted by atomic mass is 9.93. The Morgan fingerprint density at radius 2 is 1.84 bits per heavy atom. The molecule has 1 aliphatic heterocycles. The molecule has 1 fully saturated rings. The van der Waals surface area contributed by atoms with Gasteiger partial charge in [0, 0.05) is 11.1 Å². The molecular formula is C21H17F4N3O3S. The van der Waals surface area contributed by atoms with Crippen molar-refractivity contribution < 1.29 is 30.7 Å². The van der Waals surface area contributed by atoms with E-state index in [1.54, 1.807) is 6.20 Å². The van der Waals surface area contributed by atoms with Crippen LogP contribution in [0.2, 0.25) is 0 Å². The average Bonchev–Trinajstić information content (AvgIpc) is 3.46. The molecule has 2 aliphatic rings. The molecule has 1 atom stereocenters. The highest BCUT2D eigenvalue weighted by atomic mass is 32.2. The van der Waals surface area contributed by atoms with E-state index >= 15 is 0 Å². The minimum absolute atomic E-state index is 0.0775. The third-order valence-corrected chi connectivity index (χ3v) is 7.37. The Labute approximate surface area is 180 Å². The zero-order valence-electron chi connectivity index (χ0n) is 16.4. The maximum absolute atomic E-state index is 14.0. The molecule has 0 radical (unpaired) electrons. The highest BCUT2D eigenvalue weighted by molar-refractivity contribution is 7.92. The van der Waals surface area contributed by atoms with E-state index in [9.17, 15) is 26.0 Å². The second kappa shape index (κ2) is 7.22. The molecule has 1 unspecified atom stereocenters. The quantitative estimate of drug-likeness (QED) is 0.546. The van der Waals surface area contributed by atoms with Crippen LogP contribution in [0, 0.1) is 11.7 Å². The van der Waals surface area contributed by atoms with Crippen molar-refractivity contribution in [1.82, 2.24) is 10.2 Å². The van der Waals surface area contributed by atoms with E-state index in [2.05, 4.69) is 14.9 Å². The van der Waals surface area contributed by atoms with Gasteiger partial charge in [-0.05, 0) is 61.2 Å². The minimum Gasteiger partial charge on any atom is -0.484 e. The van der Waals surface area contributed by atoms with Crippen LogP contribution >= 0.6 is 0 Å². The lowest BCUT2D eigenvalue weighted by Gasteiger charge is -2.37. The van der Waals surface area contributed by atoms with Gasteiger partial charge >= 0.3 is 6.18 Å². The third kappa shape index (κ3) is 3.60. The van der Waals surface area contributed by atoms with Gasteiger partial charge in [0.2, 0.25) is 0 Å². The van der Waals surface area contributed by atoms with Crippen molar-refractivity contribution in [2.45, 2.75) is 30.0 Å². The van der Waals surface area contributed by atoms with Gasteiger partial charge in [-0.3, -0.25) is 9.40 Å². The molecule has 6 nitrogen and oxygen atoms in total. The Balaban J connectivity index is 1.56. The van der Waals surface area contributed by atoms with E-state index in [1.165, 1.54) is 46.8 Å². The van der Waals surface area contributed by atoms with Crippen LogP contribution in [0.4, 0.5) is 23.2 Å². The van der Waals surface area contributed by atoms with Crippen LogP contribution in [0.3, 0.4) is 0 Å². The lowest BCUT2D eigenvalue weighted by molar-refractivity contribution is -0.153. The Morgan fingerprint density at radius 1 is 1.12 bits per heavy atom. The number of benzene rings is 2. The largest absolute Gasteiger partial charge is 0.484 e. The second-order valence-electron chi connectivity index (χ2n) is 7.82. The Morgan fingerprint density at radius 3 is 2.50 bits per heavy atom. The summed E-state index contributed by atoms with van der Waals surface area (Å²) in [5.41, 5.74) is 1.94. The number of rotatable bonds is 5. The summed E-state index contributed by atoms with van der Waals surface area (Å²) in [5.74, 6) is -0.537. The predicted molar refractivity (Wildman–Crippen MR) is 107 cm³/mol. The third-order valence-electron chi connectivity index (χ3n) is 5.56. The summed E-state index contributed by atoms with van der Waals surface area (Å²) in [6.45, 7) is -1.48. The van der Waals surface area contributed by atoms with Crippen LogP contribution in [-0.2, 0) is 10.0 Å². The van der Waals surface area contributed by atoms with Crippen molar-refractivity contribution in [3.63, 3.8) is 0 Å². The molecule has 1 aliphatic carbocycles. The normalized spacial score (nSPS) is 18.2. The number of sulfonamides is 1. The topological polar surface area (TPSA) is 75.3 Å². The predicted octanol–water partition coefficient (Wildman–Crippen LogP) is 4.82. The first-order valence-electron chi connectivity index (χ1n) is 9.82. The van der Waals surface area contributed by atoms with Crippen LogP contribution < -0.4 is 9.04 Å². The molecule has 2 heterocycles. The number of H-pyrrole nitrogens is 1. The monoisotopic (exact) mass is 467 g/mol. The number of ether oxygens (including phenoxy) is 1. The highest BCUT2D eigenvalue weighted by Crippen LogP contribution is 2.54. The fourth-order valence-electron chi connectivity index (χ4n) is 4.04. The number of hydrogen-bond acceptors (Lipinski definition) is 4. The number of fused-ring (bicyclic) bond motifs is 3. The van der Waals surface area contributed by atoms with E-state index in [0.717, 1.165) is 12.8 Å². The van der Waals surface area contributed by atoms with Crippen molar-refractivity contribution in [2.75, 3.05) is 10.9 Å². The molecule has 168 valence electrons. The van der Waals surface area contributed by atoms with Crippen molar-refractivity contribution in [3.8, 4) is 17.0 Å². The van der Waals surface area contributed by atoms with Gasteiger partial charge in [-0.1, -0.05) is 0 Å². The first-order chi connectivity index (χ1) is 15.1. The summed E-state index contributed by atoms with van der Waals surface area (Å²) in [5, 5.41) is 6.91. The highest BCUT2D eigenvalue weighted by Gasteiger charge is 2.47. The van der Waals surface area contributed by atoms with Crippen LogP contribution in [0.25, 0.3) is 11.3 Å². The maximum Gasteiger partial charge on any atom is 0.422 e. The smallest absolute Gasteiger partial charge is 0.422 e. The van der Waals surface area contributed by atoms with E-state index in [0.29, 0.717) is 22.5 Å². The molecule has 5 rings (SSSR count). The summed E-state index contributed by atoms with van der Waals surface area (Å²) in [6, 6.07) is 8.13. The molecule has 0 amide bonds. The molecule has 1 saturated carbocycles. The van der Waals surface area contributed by atoms with Gasteiger partial charge in [0.15, 0.2) is 6.61 Å². The zero-order valence-corrected chi connectivity index (χ0v) is 17.3. The van der Waals surface area contributed by atoms with Gasteiger partial charge in [-0.2, -0.15) is 18.3 Å². The molecule has 11 heteroatoms. The number of halogens is 4. The van der Waals surface area contributed by atoms with E-state index in [-0.39, 0.29) is 16.6 Å². The maximum atomic E-state index is 14.0. The number of aromatic nitrogens is 2. The fraction of sp³-hybridized carbons (Fsp3) is 0.286. The van der Waals surface area contributed by atoms with Crippen molar-refractivity contribution in [1.29, 1.82) is 0 Å². The molecular weight excluding hydrogens is 450 g/mol. The molecule has 1 N–H and O–H groups in total. The number of hydrogen-bond donors (Lipinski definition) is 1. The first-order valence-corrected chi connectivity index (χ1v) is 11.3. The molecule has 1 aromatic heterocycles. The van der Waals surface area contributed by atoms with Crippen LogP contribution in [0.5, 0.6) is 5.75 Å². The fourth-order valence-corrected chi connectivity index (χ4v) is 5.75. The van der Waals surface area contributed by atoms with Crippen molar-refractivity contribution >= 4 is 15.7 Å². The number of aromatic amines is 1. The summed E-state index contributed by atoms with van der Waals surface area (Å²) < 4.78 is 84.5. The van der Waals surface area contributed by atoms with Crippen LogP contribution in [0.1, 0.15) is 24.4 Å². The van der Waals surface area contributed by atoms with Gasteiger partial charge in [0.1, 0.15) is 11.6 Å². The molecule has 3 aromatic rings. The number of nitrogens with one attached hydrogen (secondary N) is 1. The summed E-state index contributed by atoms with van der Waals surface area (Å²) in [7, 11) is -4.13. The van der Waals surface area contributed by atoms with Gasteiger partial charge in [-0.15, -0.1) is 0 Å². The van der Waals surface area contributed by atoms with E-state index in [4.69, 9.17) is 0 Å². The molecule has 0 bridgehead atoms. The van der Waals surface area contributed by atoms with Gasteiger partial charge in [0.05, 0.1) is 28.5 Å². The summed E-state index contributed by atoms with van der Waals surface area (Å²) >= 11 is 0. The zero-order chi connectivity index (χ0) is 22.7. The van der Waals surface area contributed by atoms with Crippen molar-refractivity contribution in [3.05, 3.63) is 60.0 Å². The number of nitrogens with zero attached hydrogens (tertiary/aromatic N) is 2. The van der Waals surface area contributed by atoms with Crippen LogP contribution in [0.15, 0.2) is 53.6 Å². The lowest BCUT2D eigenvalue weighted by Crippen LogP contribution is -2.38. The van der Waals surface area contributed by atoms with Crippen LogP contribution in [-0.4, -0.2) is 31.4 Å². The Bertz CT molecular complexity index is 1270. The summed E-state index contributed by atoms with van der Waals surface area (Å²) in [6.07, 6.45) is -1.27. The summed E-state index contributed by atoms with van der Waals surface area (Å²) in [4.78, 5) is -0.107. The van der Waals surface area contributed by atoms with Gasteiger partial charge in [0.25, 0.3) is 10.0 Å². The average molecular weight is 467 g/mol. The number of alkyl halides is 3. The van der Waals surface area contributed by atoms with E-state index < -0.39 is 34.7 Å². The van der Waals surface area contributed by atoms with Crippen molar-refractivity contribution in [2.24, 2.45) is 5.92 Å². The SMILES string of the molecule is O=S(=O)(c1ccc(OCC(F)(F)F)cc1)N1c2ccc(F)cc2-c2[nH]ncc2C1C1CC1. The molecule has 0 spiro atoms.